The third kappa shape index (κ3) is 2.71. The second kappa shape index (κ2) is 6.30. The highest BCUT2D eigenvalue weighted by Gasteiger charge is 2.62. The predicted molar refractivity (Wildman–Crippen MR) is 105 cm³/mol. The number of rotatable bonds is 4. The van der Waals surface area contributed by atoms with E-state index in [0.29, 0.717) is 24.1 Å². The molecule has 3 fully saturated rings. The summed E-state index contributed by atoms with van der Waals surface area (Å²) in [5.74, 6) is 0.692. The first-order chi connectivity index (χ1) is 13.4. The zero-order valence-corrected chi connectivity index (χ0v) is 16.7. The Bertz CT molecular complexity index is 905. The van der Waals surface area contributed by atoms with Crippen LogP contribution in [0.3, 0.4) is 0 Å². The number of ether oxygens (including phenoxy) is 1. The fraction of sp³-hybridized carbons (Fsp3) is 0.571. The lowest BCUT2D eigenvalue weighted by Crippen LogP contribution is -2.42. The van der Waals surface area contributed by atoms with Gasteiger partial charge in [-0.25, -0.2) is 4.98 Å². The Morgan fingerprint density at radius 2 is 2.14 bits per heavy atom. The van der Waals surface area contributed by atoms with Gasteiger partial charge in [0.25, 0.3) is 5.91 Å². The lowest BCUT2D eigenvalue weighted by molar-refractivity contribution is 0.0141. The van der Waals surface area contributed by atoms with Crippen molar-refractivity contribution in [3.8, 4) is 0 Å². The van der Waals surface area contributed by atoms with Crippen LogP contribution in [-0.4, -0.2) is 52.2 Å². The number of aromatic amines is 1. The van der Waals surface area contributed by atoms with Gasteiger partial charge in [-0.2, -0.15) is 0 Å². The second-order valence-electron chi connectivity index (χ2n) is 8.60. The van der Waals surface area contributed by atoms with E-state index in [-0.39, 0.29) is 17.6 Å². The molecule has 5 heterocycles. The number of anilines is 1. The van der Waals surface area contributed by atoms with Gasteiger partial charge in [0.1, 0.15) is 5.69 Å². The molecule has 3 saturated heterocycles. The molecule has 7 heteroatoms. The molecular formula is C21H27N5O2. The number of aryl methyl sites for hydroxylation is 3. The maximum Gasteiger partial charge on any atom is 0.271 e. The molecule has 1 spiro atoms. The van der Waals surface area contributed by atoms with E-state index in [4.69, 9.17) is 4.74 Å². The van der Waals surface area contributed by atoms with Gasteiger partial charge in [0.15, 0.2) is 0 Å². The largest absolute Gasteiger partial charge is 0.369 e. The van der Waals surface area contributed by atoms with Crippen molar-refractivity contribution in [1.29, 1.82) is 0 Å². The molecule has 0 aliphatic carbocycles. The van der Waals surface area contributed by atoms with Crippen molar-refractivity contribution < 1.29 is 9.53 Å². The molecule has 1 amide bonds. The predicted octanol–water partition coefficient (Wildman–Crippen LogP) is 2.14. The van der Waals surface area contributed by atoms with Crippen LogP contribution in [-0.2, 0) is 4.74 Å². The van der Waals surface area contributed by atoms with E-state index in [2.05, 4.69) is 37.3 Å². The van der Waals surface area contributed by atoms with Crippen LogP contribution in [0.4, 0.5) is 5.69 Å². The molecule has 2 aromatic rings. The van der Waals surface area contributed by atoms with Gasteiger partial charge in [0, 0.05) is 54.2 Å². The summed E-state index contributed by atoms with van der Waals surface area (Å²) >= 11 is 0. The smallest absolute Gasteiger partial charge is 0.271 e. The molecule has 3 aliphatic rings. The average molecular weight is 381 g/mol. The highest BCUT2D eigenvalue weighted by Crippen LogP contribution is 2.55. The first-order valence-corrected chi connectivity index (χ1v) is 10.1. The Morgan fingerprint density at radius 3 is 2.86 bits per heavy atom. The van der Waals surface area contributed by atoms with Crippen molar-refractivity contribution >= 4 is 11.6 Å². The summed E-state index contributed by atoms with van der Waals surface area (Å²) in [5, 5.41) is 3.10. The van der Waals surface area contributed by atoms with Gasteiger partial charge in [-0.3, -0.25) is 9.78 Å². The van der Waals surface area contributed by atoms with Crippen LogP contribution in [0.25, 0.3) is 0 Å². The van der Waals surface area contributed by atoms with Crippen LogP contribution in [0, 0.1) is 32.6 Å². The molecular weight excluding hydrogens is 354 g/mol. The van der Waals surface area contributed by atoms with Crippen molar-refractivity contribution in [2.24, 2.45) is 11.8 Å². The van der Waals surface area contributed by atoms with Crippen molar-refractivity contribution in [3.63, 3.8) is 0 Å². The molecule has 0 saturated carbocycles. The number of imidazole rings is 1. The number of carbonyl (C=O) groups is 1. The molecule has 2 N–H and O–H groups in total. The number of hydrogen-bond acceptors (Lipinski definition) is 5. The van der Waals surface area contributed by atoms with E-state index < -0.39 is 0 Å². The molecule has 5 rings (SSSR count). The zero-order valence-electron chi connectivity index (χ0n) is 16.7. The van der Waals surface area contributed by atoms with E-state index in [0.717, 1.165) is 43.0 Å². The molecule has 0 radical (unpaired) electrons. The summed E-state index contributed by atoms with van der Waals surface area (Å²) < 4.78 is 6.53. The molecule has 2 aromatic heterocycles. The van der Waals surface area contributed by atoms with Crippen LogP contribution >= 0.6 is 0 Å². The molecule has 0 aromatic carbocycles. The van der Waals surface area contributed by atoms with E-state index in [9.17, 15) is 4.79 Å². The molecule has 7 nitrogen and oxygen atoms in total. The topological polar surface area (TPSA) is 83.1 Å². The van der Waals surface area contributed by atoms with E-state index in [1.165, 1.54) is 5.69 Å². The summed E-state index contributed by atoms with van der Waals surface area (Å²) in [7, 11) is 0. The summed E-state index contributed by atoms with van der Waals surface area (Å²) in [4.78, 5) is 26.5. The third-order valence-corrected chi connectivity index (χ3v) is 6.76. The second-order valence-corrected chi connectivity index (χ2v) is 8.60. The van der Waals surface area contributed by atoms with Crippen molar-refractivity contribution in [3.05, 3.63) is 41.2 Å². The number of aromatic nitrogens is 3. The maximum atomic E-state index is 12.5. The van der Waals surface area contributed by atoms with Crippen molar-refractivity contribution in [2.45, 2.75) is 45.3 Å². The molecule has 28 heavy (non-hydrogen) atoms. The molecule has 0 unspecified atom stereocenters. The number of fused-ring (bicyclic) bond motifs is 1. The van der Waals surface area contributed by atoms with Crippen LogP contribution < -0.4 is 10.2 Å². The van der Waals surface area contributed by atoms with E-state index in [1.807, 2.05) is 20.8 Å². The van der Waals surface area contributed by atoms with E-state index >= 15 is 0 Å². The first kappa shape index (κ1) is 17.7. The van der Waals surface area contributed by atoms with Crippen molar-refractivity contribution in [2.75, 3.05) is 24.5 Å². The van der Waals surface area contributed by atoms with Gasteiger partial charge in [0.05, 0.1) is 18.0 Å². The highest BCUT2D eigenvalue weighted by atomic mass is 16.5. The van der Waals surface area contributed by atoms with Gasteiger partial charge in [-0.15, -0.1) is 0 Å². The van der Waals surface area contributed by atoms with Crippen LogP contribution in [0.15, 0.2) is 18.5 Å². The lowest BCUT2D eigenvalue weighted by Gasteiger charge is -2.29. The normalized spacial score (nSPS) is 30.7. The Kier molecular flexibility index (Phi) is 3.98. The number of hydrogen-bond donors (Lipinski definition) is 2. The van der Waals surface area contributed by atoms with Gasteiger partial charge >= 0.3 is 0 Å². The summed E-state index contributed by atoms with van der Waals surface area (Å²) in [5.41, 5.74) is 4.55. The summed E-state index contributed by atoms with van der Waals surface area (Å²) in [6, 6.07) is 4.32. The van der Waals surface area contributed by atoms with Gasteiger partial charge in [-0.1, -0.05) is 0 Å². The third-order valence-electron chi connectivity index (χ3n) is 6.76. The molecule has 3 aliphatic heterocycles. The van der Waals surface area contributed by atoms with Crippen LogP contribution in [0.5, 0.6) is 0 Å². The Balaban J connectivity index is 1.32. The Labute approximate surface area is 164 Å². The van der Waals surface area contributed by atoms with E-state index in [1.54, 1.807) is 6.33 Å². The first-order valence-electron chi connectivity index (χ1n) is 10.1. The summed E-state index contributed by atoms with van der Waals surface area (Å²) in [6.07, 6.45) is 4.02. The number of nitrogens with one attached hydrogen (secondary N) is 2. The number of carbonyl (C=O) groups excluding carboxylic acids is 1. The fourth-order valence-electron chi connectivity index (χ4n) is 5.54. The van der Waals surface area contributed by atoms with Gasteiger partial charge < -0.3 is 19.9 Å². The number of pyridine rings is 1. The quantitative estimate of drug-likeness (QED) is 0.848. The zero-order chi connectivity index (χ0) is 19.5. The average Bonchev–Trinajstić information content (AvgIpc) is 3.38. The highest BCUT2D eigenvalue weighted by molar-refractivity contribution is 5.93. The monoisotopic (exact) mass is 381 g/mol. The standard InChI is InChI=1S/C21H27N5O2/c1-12-6-15(7-13(2)25-12)26-9-17-16(18-4-5-21(17,10-26)28-18)8-22-20(27)19-14(3)23-11-24-19/h6-7,11,16-18H,4-5,8-10H2,1-3H3,(H,22,27)(H,23,24)/t16-,17+,18+,21+/m0/s1. The van der Waals surface area contributed by atoms with Gasteiger partial charge in [0.2, 0.25) is 0 Å². The Morgan fingerprint density at radius 1 is 1.36 bits per heavy atom. The van der Waals surface area contributed by atoms with Crippen molar-refractivity contribution in [1.82, 2.24) is 20.3 Å². The van der Waals surface area contributed by atoms with Crippen LogP contribution in [0.1, 0.15) is 40.4 Å². The fourth-order valence-corrected chi connectivity index (χ4v) is 5.54. The minimum Gasteiger partial charge on any atom is -0.369 e. The minimum absolute atomic E-state index is 0.0621. The summed E-state index contributed by atoms with van der Waals surface area (Å²) in [6.45, 7) is 8.50. The number of nitrogens with zero attached hydrogens (tertiary/aromatic N) is 3. The minimum atomic E-state index is -0.106. The molecule has 2 bridgehead atoms. The van der Waals surface area contributed by atoms with Gasteiger partial charge in [-0.05, 0) is 45.7 Å². The molecule has 4 atom stereocenters. The van der Waals surface area contributed by atoms with Crippen LogP contribution in [0.2, 0.25) is 0 Å². The number of amides is 1. The maximum absolute atomic E-state index is 12.5. The molecule has 148 valence electrons. The Hall–Kier alpha value is -2.41. The SMILES string of the molecule is Cc1cc(N2C[C@@H]3[C@H](CNC(=O)c4nc[nH]c4C)[C@H]4CC[C@]3(C2)O4)cc(C)n1. The lowest BCUT2D eigenvalue weighted by atomic mass is 9.73. The number of H-pyrrole nitrogens is 1.